The molecule has 0 radical (unpaired) electrons. The van der Waals surface area contributed by atoms with Crippen LogP contribution in [-0.4, -0.2) is 48.4 Å². The predicted molar refractivity (Wildman–Crippen MR) is 74.1 cm³/mol. The first-order valence-corrected chi connectivity index (χ1v) is 6.50. The summed E-state index contributed by atoms with van der Waals surface area (Å²) in [7, 11) is 0. The van der Waals surface area contributed by atoms with Crippen LogP contribution in [-0.2, 0) is 16.0 Å². The van der Waals surface area contributed by atoms with Crippen molar-refractivity contribution in [2.24, 2.45) is 0 Å². The van der Waals surface area contributed by atoms with Gasteiger partial charge in [-0.2, -0.15) is 0 Å². The van der Waals surface area contributed by atoms with E-state index in [0.29, 0.717) is 25.5 Å². The molecule has 0 aliphatic rings. The maximum atomic E-state index is 11.9. The smallest absolute Gasteiger partial charge is 0.410 e. The topological polar surface area (TPSA) is 89.2 Å². The minimum Gasteiger partial charge on any atom is -0.475 e. The van der Waals surface area contributed by atoms with Crippen LogP contribution in [0.25, 0.3) is 0 Å². The molecule has 1 amide bonds. The number of amides is 1. The Balaban J connectivity index is 2.67. The molecule has 1 rings (SSSR count). The molecule has 7 heteroatoms. The summed E-state index contributed by atoms with van der Waals surface area (Å²) in [6, 6.07) is 2.85. The van der Waals surface area contributed by atoms with E-state index < -0.39 is 12.1 Å². The highest BCUT2D eigenvalue weighted by molar-refractivity contribution is 5.84. The van der Waals surface area contributed by atoms with Gasteiger partial charge in [-0.1, -0.05) is 12.7 Å². The van der Waals surface area contributed by atoms with Gasteiger partial charge in [-0.25, -0.2) is 9.59 Å². The van der Waals surface area contributed by atoms with Crippen LogP contribution in [0.15, 0.2) is 29.2 Å². The average Bonchev–Trinajstić information content (AvgIpc) is 2.92. The van der Waals surface area contributed by atoms with Crippen LogP contribution in [0.4, 0.5) is 4.79 Å². The van der Waals surface area contributed by atoms with Gasteiger partial charge in [-0.15, -0.1) is 0 Å². The van der Waals surface area contributed by atoms with E-state index >= 15 is 0 Å². The molecule has 0 spiro atoms. The second-order valence-electron chi connectivity index (χ2n) is 4.06. The molecular weight excluding hydrogens is 278 g/mol. The molecule has 0 aromatic carbocycles. The van der Waals surface area contributed by atoms with Crippen LogP contribution in [0.5, 0.6) is 0 Å². The Bertz CT molecular complexity index is 482. The largest absolute Gasteiger partial charge is 0.475 e. The number of rotatable bonds is 9. The standard InChI is InChI=1S/C14H19NO6/c1-3-8-20-14(18)15(7-9-19-4-2)10-11-5-6-12(21-11)13(16)17/h3,5-6H,1,4,7-10H2,2H3,(H,16,17). The van der Waals surface area contributed by atoms with E-state index in [1.165, 1.54) is 23.1 Å². The van der Waals surface area contributed by atoms with Crippen molar-refractivity contribution in [3.8, 4) is 0 Å². The van der Waals surface area contributed by atoms with Gasteiger partial charge < -0.3 is 19.0 Å². The van der Waals surface area contributed by atoms with E-state index in [9.17, 15) is 9.59 Å². The number of nitrogens with zero attached hydrogens (tertiary/aromatic N) is 1. The summed E-state index contributed by atoms with van der Waals surface area (Å²) in [4.78, 5) is 24.0. The van der Waals surface area contributed by atoms with Crippen molar-refractivity contribution in [2.45, 2.75) is 13.5 Å². The van der Waals surface area contributed by atoms with Crippen LogP contribution >= 0.6 is 0 Å². The first kappa shape index (κ1) is 16.8. The lowest BCUT2D eigenvalue weighted by molar-refractivity contribution is 0.0653. The van der Waals surface area contributed by atoms with Gasteiger partial charge in [0.15, 0.2) is 0 Å². The molecule has 1 heterocycles. The maximum absolute atomic E-state index is 11.9. The summed E-state index contributed by atoms with van der Waals surface area (Å²) in [5, 5.41) is 8.80. The number of carboxylic acid groups (broad SMARTS) is 1. The number of carboxylic acids is 1. The zero-order valence-electron chi connectivity index (χ0n) is 11.9. The van der Waals surface area contributed by atoms with Crippen LogP contribution in [0.3, 0.4) is 0 Å². The highest BCUT2D eigenvalue weighted by Crippen LogP contribution is 2.11. The first-order valence-electron chi connectivity index (χ1n) is 6.50. The van der Waals surface area contributed by atoms with E-state index in [0.717, 1.165) is 0 Å². The van der Waals surface area contributed by atoms with Gasteiger partial charge in [0.2, 0.25) is 5.76 Å². The molecule has 0 unspecified atom stereocenters. The third-order valence-corrected chi connectivity index (χ3v) is 2.51. The Morgan fingerprint density at radius 2 is 2.24 bits per heavy atom. The lowest BCUT2D eigenvalue weighted by Crippen LogP contribution is -2.34. The highest BCUT2D eigenvalue weighted by Gasteiger charge is 2.18. The second kappa shape index (κ2) is 8.80. The normalized spacial score (nSPS) is 10.1. The molecule has 0 saturated carbocycles. The third kappa shape index (κ3) is 5.70. The fourth-order valence-electron chi connectivity index (χ4n) is 1.54. The van der Waals surface area contributed by atoms with E-state index in [1.807, 2.05) is 6.92 Å². The third-order valence-electron chi connectivity index (χ3n) is 2.51. The summed E-state index contributed by atoms with van der Waals surface area (Å²) in [6.45, 7) is 6.74. The van der Waals surface area contributed by atoms with E-state index in [4.69, 9.17) is 19.0 Å². The van der Waals surface area contributed by atoms with Gasteiger partial charge in [-0.05, 0) is 19.1 Å². The van der Waals surface area contributed by atoms with Crippen molar-refractivity contribution in [1.29, 1.82) is 0 Å². The summed E-state index contributed by atoms with van der Waals surface area (Å²) in [6.07, 6.45) is 0.927. The molecule has 1 N–H and O–H groups in total. The average molecular weight is 297 g/mol. The number of aromatic carboxylic acids is 1. The number of hydrogen-bond donors (Lipinski definition) is 1. The molecule has 0 aliphatic heterocycles. The molecule has 21 heavy (non-hydrogen) atoms. The molecule has 1 aromatic heterocycles. The van der Waals surface area contributed by atoms with Gasteiger partial charge >= 0.3 is 12.1 Å². The Labute approximate surface area is 122 Å². The van der Waals surface area contributed by atoms with E-state index in [2.05, 4.69) is 6.58 Å². The number of ether oxygens (including phenoxy) is 2. The number of furan rings is 1. The number of carbonyl (C=O) groups excluding carboxylic acids is 1. The van der Waals surface area contributed by atoms with Crippen LogP contribution < -0.4 is 0 Å². The van der Waals surface area contributed by atoms with Gasteiger partial charge in [0.1, 0.15) is 12.4 Å². The number of carbonyl (C=O) groups is 2. The van der Waals surface area contributed by atoms with Crippen LogP contribution in [0.2, 0.25) is 0 Å². The molecule has 0 atom stereocenters. The van der Waals surface area contributed by atoms with Crippen molar-refractivity contribution >= 4 is 12.1 Å². The molecule has 0 fully saturated rings. The van der Waals surface area contributed by atoms with E-state index in [1.54, 1.807) is 0 Å². The summed E-state index contributed by atoms with van der Waals surface area (Å²) in [5.74, 6) is -0.968. The van der Waals surface area contributed by atoms with Crippen molar-refractivity contribution < 1.29 is 28.6 Å². The van der Waals surface area contributed by atoms with Gasteiger partial charge in [0.25, 0.3) is 0 Å². The highest BCUT2D eigenvalue weighted by atomic mass is 16.6. The SMILES string of the molecule is C=CCOC(=O)N(CCOCC)Cc1ccc(C(=O)O)o1. The minimum atomic E-state index is -1.16. The summed E-state index contributed by atoms with van der Waals surface area (Å²) < 4.78 is 15.3. The monoisotopic (exact) mass is 297 g/mol. The molecule has 0 saturated heterocycles. The lowest BCUT2D eigenvalue weighted by Gasteiger charge is -2.20. The fourth-order valence-corrected chi connectivity index (χ4v) is 1.54. The Morgan fingerprint density at radius 3 is 2.81 bits per heavy atom. The lowest BCUT2D eigenvalue weighted by atomic mass is 10.4. The van der Waals surface area contributed by atoms with Gasteiger partial charge in [0, 0.05) is 13.2 Å². The Morgan fingerprint density at radius 1 is 1.48 bits per heavy atom. The Hall–Kier alpha value is -2.28. The van der Waals surface area contributed by atoms with Crippen molar-refractivity contribution in [1.82, 2.24) is 4.90 Å². The molecule has 116 valence electrons. The quantitative estimate of drug-likeness (QED) is 0.555. The van der Waals surface area contributed by atoms with Gasteiger partial charge in [-0.3, -0.25) is 4.90 Å². The Kier molecular flexibility index (Phi) is 7.03. The fraction of sp³-hybridized carbons (Fsp3) is 0.429. The van der Waals surface area contributed by atoms with Gasteiger partial charge in [0.05, 0.1) is 13.2 Å². The molecule has 1 aromatic rings. The summed E-state index contributed by atoms with van der Waals surface area (Å²) in [5.41, 5.74) is 0. The van der Waals surface area contributed by atoms with Crippen LogP contribution in [0.1, 0.15) is 23.2 Å². The second-order valence-corrected chi connectivity index (χ2v) is 4.06. The zero-order chi connectivity index (χ0) is 15.7. The van der Waals surface area contributed by atoms with Crippen molar-refractivity contribution in [2.75, 3.05) is 26.4 Å². The molecule has 0 aliphatic carbocycles. The van der Waals surface area contributed by atoms with Crippen molar-refractivity contribution in [3.63, 3.8) is 0 Å². The molecule has 7 nitrogen and oxygen atoms in total. The molecular formula is C14H19NO6. The predicted octanol–water partition coefficient (Wildman–Crippen LogP) is 2.14. The number of hydrogen-bond acceptors (Lipinski definition) is 5. The van der Waals surface area contributed by atoms with Crippen LogP contribution in [0, 0.1) is 0 Å². The first-order chi connectivity index (χ1) is 10.1. The molecule has 0 bridgehead atoms. The zero-order valence-corrected chi connectivity index (χ0v) is 11.9. The maximum Gasteiger partial charge on any atom is 0.410 e. The van der Waals surface area contributed by atoms with Crippen molar-refractivity contribution in [3.05, 3.63) is 36.3 Å². The summed E-state index contributed by atoms with van der Waals surface area (Å²) >= 11 is 0. The minimum absolute atomic E-state index is 0.0997. The van der Waals surface area contributed by atoms with E-state index in [-0.39, 0.29) is 18.9 Å².